The molecule has 5 nitrogen and oxygen atoms in total. The fraction of sp³-hybridized carbons (Fsp3) is 0.250. The molecule has 0 spiro atoms. The summed E-state index contributed by atoms with van der Waals surface area (Å²) in [6.07, 6.45) is 1.68. The Morgan fingerprint density at radius 1 is 1.22 bits per heavy atom. The van der Waals surface area contributed by atoms with E-state index in [1.807, 2.05) is 19.1 Å². The molecule has 1 aliphatic heterocycles. The van der Waals surface area contributed by atoms with E-state index >= 15 is 0 Å². The van der Waals surface area contributed by atoms with Gasteiger partial charge >= 0.3 is 0 Å². The van der Waals surface area contributed by atoms with Crippen LogP contribution in [0.25, 0.3) is 0 Å². The molecule has 0 bridgehead atoms. The van der Waals surface area contributed by atoms with Crippen molar-refractivity contribution in [3.8, 4) is 0 Å². The highest BCUT2D eigenvalue weighted by atomic mass is 32.2. The predicted octanol–water partition coefficient (Wildman–Crippen LogP) is 1.42. The molecule has 0 aliphatic carbocycles. The van der Waals surface area contributed by atoms with Gasteiger partial charge in [0.2, 0.25) is 10.0 Å². The maximum Gasteiger partial charge on any atom is 0.243 e. The van der Waals surface area contributed by atoms with Crippen LogP contribution in [0.5, 0.6) is 0 Å². The Labute approximate surface area is 105 Å². The topological polar surface area (TPSA) is 66.1 Å². The van der Waals surface area contributed by atoms with Crippen LogP contribution in [0.2, 0.25) is 0 Å². The van der Waals surface area contributed by atoms with Crippen molar-refractivity contribution in [2.24, 2.45) is 0 Å². The molecule has 0 saturated heterocycles. The third kappa shape index (κ3) is 1.74. The van der Waals surface area contributed by atoms with Crippen LogP contribution in [-0.2, 0) is 23.1 Å². The summed E-state index contributed by atoms with van der Waals surface area (Å²) >= 11 is 0. The monoisotopic (exact) mass is 263 g/mol. The van der Waals surface area contributed by atoms with Gasteiger partial charge in [0.1, 0.15) is 0 Å². The third-order valence-corrected chi connectivity index (χ3v) is 4.95. The molecule has 2 heterocycles. The van der Waals surface area contributed by atoms with Gasteiger partial charge in [0.25, 0.3) is 0 Å². The molecule has 3 rings (SSSR count). The second kappa shape index (κ2) is 3.93. The van der Waals surface area contributed by atoms with Crippen LogP contribution in [-0.4, -0.2) is 22.9 Å². The van der Waals surface area contributed by atoms with Crippen LogP contribution in [0.3, 0.4) is 0 Å². The van der Waals surface area contributed by atoms with Gasteiger partial charge in [-0.1, -0.05) is 17.7 Å². The number of fused-ring (bicyclic) bond motifs is 1. The Balaban J connectivity index is 1.93. The van der Waals surface area contributed by atoms with E-state index in [1.54, 1.807) is 18.3 Å². The van der Waals surface area contributed by atoms with Crippen LogP contribution < -0.4 is 0 Å². The standard InChI is InChI=1S/C12H13N3O2S/c1-9-2-4-11(5-3-9)18(16,17)15-7-10-6-13-14-12(10)8-15/h2-6H,7-8H2,1H3,(H,13,14). The highest BCUT2D eigenvalue weighted by Gasteiger charge is 2.31. The summed E-state index contributed by atoms with van der Waals surface area (Å²) in [6.45, 7) is 2.69. The molecule has 94 valence electrons. The van der Waals surface area contributed by atoms with E-state index in [2.05, 4.69) is 10.2 Å². The van der Waals surface area contributed by atoms with Crippen molar-refractivity contribution in [1.82, 2.24) is 14.5 Å². The Morgan fingerprint density at radius 3 is 2.61 bits per heavy atom. The van der Waals surface area contributed by atoms with Crippen molar-refractivity contribution >= 4 is 10.0 Å². The average molecular weight is 263 g/mol. The van der Waals surface area contributed by atoms with Crippen LogP contribution >= 0.6 is 0 Å². The van der Waals surface area contributed by atoms with Gasteiger partial charge in [-0.15, -0.1) is 0 Å². The first-order valence-corrected chi connectivity index (χ1v) is 7.09. The predicted molar refractivity (Wildman–Crippen MR) is 66.2 cm³/mol. The summed E-state index contributed by atoms with van der Waals surface area (Å²) in [6, 6.07) is 6.92. The number of aryl methyl sites for hydroxylation is 1. The first-order chi connectivity index (χ1) is 8.57. The molecule has 1 aromatic heterocycles. The fourth-order valence-corrected chi connectivity index (χ4v) is 3.45. The smallest absolute Gasteiger partial charge is 0.243 e. The van der Waals surface area contributed by atoms with Gasteiger partial charge in [0, 0.05) is 12.1 Å². The molecule has 2 aromatic rings. The minimum atomic E-state index is -3.41. The second-order valence-corrected chi connectivity index (χ2v) is 6.40. The van der Waals surface area contributed by atoms with Crippen molar-refractivity contribution in [1.29, 1.82) is 0 Å². The minimum absolute atomic E-state index is 0.339. The van der Waals surface area contributed by atoms with Crippen LogP contribution in [0.15, 0.2) is 35.4 Å². The lowest BCUT2D eigenvalue weighted by Gasteiger charge is -2.15. The molecule has 1 aliphatic rings. The number of benzene rings is 1. The van der Waals surface area contributed by atoms with Crippen molar-refractivity contribution < 1.29 is 8.42 Å². The zero-order valence-electron chi connectivity index (χ0n) is 9.92. The zero-order valence-corrected chi connectivity index (χ0v) is 10.7. The second-order valence-electron chi connectivity index (χ2n) is 4.46. The molecule has 0 amide bonds. The number of nitrogens with one attached hydrogen (secondary N) is 1. The van der Waals surface area contributed by atoms with Crippen molar-refractivity contribution in [2.75, 3.05) is 0 Å². The third-order valence-electron chi connectivity index (χ3n) is 3.15. The van der Waals surface area contributed by atoms with E-state index in [0.29, 0.717) is 18.0 Å². The number of hydrogen-bond donors (Lipinski definition) is 1. The molecular formula is C12H13N3O2S. The number of aromatic nitrogens is 2. The maximum atomic E-state index is 12.4. The van der Waals surface area contributed by atoms with Crippen LogP contribution in [0.1, 0.15) is 16.8 Å². The van der Waals surface area contributed by atoms with Crippen LogP contribution in [0, 0.1) is 6.92 Å². The van der Waals surface area contributed by atoms with Gasteiger partial charge < -0.3 is 0 Å². The van der Waals surface area contributed by atoms with Crippen molar-refractivity contribution in [2.45, 2.75) is 24.9 Å². The highest BCUT2D eigenvalue weighted by molar-refractivity contribution is 7.89. The van der Waals surface area contributed by atoms with Gasteiger partial charge in [0.05, 0.1) is 23.3 Å². The lowest BCUT2D eigenvalue weighted by atomic mass is 10.2. The lowest BCUT2D eigenvalue weighted by molar-refractivity contribution is 0.427. The SMILES string of the molecule is Cc1ccc(S(=O)(=O)N2Cc3cn[nH]c3C2)cc1. The Kier molecular flexibility index (Phi) is 2.49. The summed E-state index contributed by atoms with van der Waals surface area (Å²) < 4.78 is 26.3. The van der Waals surface area contributed by atoms with E-state index in [4.69, 9.17) is 0 Å². The molecule has 18 heavy (non-hydrogen) atoms. The molecule has 6 heteroatoms. The molecule has 0 atom stereocenters. The van der Waals surface area contributed by atoms with Gasteiger partial charge in [-0.2, -0.15) is 9.40 Å². The highest BCUT2D eigenvalue weighted by Crippen LogP contribution is 2.27. The lowest BCUT2D eigenvalue weighted by Crippen LogP contribution is -2.26. The normalized spacial score (nSPS) is 15.8. The van der Waals surface area contributed by atoms with Gasteiger partial charge in [-0.25, -0.2) is 8.42 Å². The van der Waals surface area contributed by atoms with E-state index < -0.39 is 10.0 Å². The number of aromatic amines is 1. The quantitative estimate of drug-likeness (QED) is 0.891. The molecule has 1 N–H and O–H groups in total. The minimum Gasteiger partial charge on any atom is -0.281 e. The summed E-state index contributed by atoms with van der Waals surface area (Å²) in [5.41, 5.74) is 2.88. The van der Waals surface area contributed by atoms with Gasteiger partial charge in [-0.3, -0.25) is 5.10 Å². The summed E-state index contributed by atoms with van der Waals surface area (Å²) in [7, 11) is -3.41. The molecule has 0 saturated carbocycles. The first kappa shape index (κ1) is 11.4. The molecule has 0 fully saturated rings. The Morgan fingerprint density at radius 2 is 1.94 bits per heavy atom. The molecule has 0 radical (unpaired) electrons. The van der Waals surface area contributed by atoms with Gasteiger partial charge in [0.15, 0.2) is 0 Å². The number of hydrogen-bond acceptors (Lipinski definition) is 3. The number of rotatable bonds is 2. The summed E-state index contributed by atoms with van der Waals surface area (Å²) in [5.74, 6) is 0. The molecular weight excluding hydrogens is 250 g/mol. The largest absolute Gasteiger partial charge is 0.281 e. The van der Waals surface area contributed by atoms with E-state index in [-0.39, 0.29) is 0 Å². The van der Waals surface area contributed by atoms with Crippen LogP contribution in [0.4, 0.5) is 0 Å². The van der Waals surface area contributed by atoms with Gasteiger partial charge in [-0.05, 0) is 19.1 Å². The van der Waals surface area contributed by atoms with Crippen molar-refractivity contribution in [3.63, 3.8) is 0 Å². The fourth-order valence-electron chi connectivity index (χ4n) is 2.06. The number of H-pyrrole nitrogens is 1. The molecule has 0 unspecified atom stereocenters. The summed E-state index contributed by atoms with van der Waals surface area (Å²) in [4.78, 5) is 0.339. The first-order valence-electron chi connectivity index (χ1n) is 5.65. The zero-order chi connectivity index (χ0) is 12.8. The molecule has 1 aromatic carbocycles. The van der Waals surface area contributed by atoms with E-state index in [0.717, 1.165) is 16.8 Å². The number of nitrogens with zero attached hydrogens (tertiary/aromatic N) is 2. The van der Waals surface area contributed by atoms with E-state index in [9.17, 15) is 8.42 Å². The Hall–Kier alpha value is -1.66. The Bertz CT molecular complexity index is 653. The number of sulfonamides is 1. The summed E-state index contributed by atoms with van der Waals surface area (Å²) in [5, 5.41) is 6.72. The maximum absolute atomic E-state index is 12.4. The van der Waals surface area contributed by atoms with Crippen molar-refractivity contribution in [3.05, 3.63) is 47.3 Å². The average Bonchev–Trinajstić information content (AvgIpc) is 2.89. The van der Waals surface area contributed by atoms with E-state index in [1.165, 1.54) is 4.31 Å².